The van der Waals surface area contributed by atoms with E-state index in [1.165, 1.54) is 18.9 Å². The number of halogens is 1. The van der Waals surface area contributed by atoms with Gasteiger partial charge in [0.05, 0.1) is 0 Å². The number of likely N-dealkylation sites (tertiary alicyclic amines) is 1. The minimum atomic E-state index is -0.193. The van der Waals surface area contributed by atoms with Crippen molar-refractivity contribution in [3.8, 4) is 0 Å². The van der Waals surface area contributed by atoms with Crippen molar-refractivity contribution in [2.75, 3.05) is 19.6 Å². The van der Waals surface area contributed by atoms with E-state index in [2.05, 4.69) is 17.1 Å². The van der Waals surface area contributed by atoms with E-state index in [1.54, 1.807) is 12.1 Å². The number of hydrogen-bond donors (Lipinski definition) is 1. The second-order valence-corrected chi connectivity index (χ2v) is 7.51. The molecule has 4 heteroatoms. The number of amides is 1. The van der Waals surface area contributed by atoms with Gasteiger partial charge in [-0.15, -0.1) is 0 Å². The van der Waals surface area contributed by atoms with Gasteiger partial charge in [-0.2, -0.15) is 0 Å². The molecular formula is C20H29FN2O. The standard InChI is InChI=1S/C20H29FN2O/c1-15(17-6-3-9-22-14-17)11-20(24)23-10-4-8-19(23)13-16-5-2-7-18(21)12-16/h2,5,7,12,15,17,19,22H,3-4,6,8-11,13-14H2,1H3. The highest BCUT2D eigenvalue weighted by Gasteiger charge is 2.31. The lowest BCUT2D eigenvalue weighted by atomic mass is 9.85. The molecule has 2 aliphatic rings. The van der Waals surface area contributed by atoms with E-state index in [0.29, 0.717) is 18.3 Å². The molecule has 0 radical (unpaired) electrons. The van der Waals surface area contributed by atoms with Crippen LogP contribution in [0.15, 0.2) is 24.3 Å². The molecule has 2 heterocycles. The van der Waals surface area contributed by atoms with Crippen LogP contribution < -0.4 is 5.32 Å². The molecule has 0 spiro atoms. The zero-order valence-electron chi connectivity index (χ0n) is 14.6. The van der Waals surface area contributed by atoms with Crippen LogP contribution in [0.3, 0.4) is 0 Å². The van der Waals surface area contributed by atoms with E-state index >= 15 is 0 Å². The number of nitrogens with one attached hydrogen (secondary N) is 1. The minimum Gasteiger partial charge on any atom is -0.339 e. The minimum absolute atomic E-state index is 0.193. The Balaban J connectivity index is 1.56. The number of carbonyl (C=O) groups is 1. The second kappa shape index (κ2) is 8.11. The highest BCUT2D eigenvalue weighted by atomic mass is 19.1. The highest BCUT2D eigenvalue weighted by molar-refractivity contribution is 5.77. The highest BCUT2D eigenvalue weighted by Crippen LogP contribution is 2.27. The van der Waals surface area contributed by atoms with Crippen molar-refractivity contribution in [3.05, 3.63) is 35.6 Å². The Labute approximate surface area is 144 Å². The van der Waals surface area contributed by atoms with Gasteiger partial charge in [0.2, 0.25) is 5.91 Å². The molecule has 1 N–H and O–H groups in total. The average molecular weight is 332 g/mol. The largest absolute Gasteiger partial charge is 0.339 e. The van der Waals surface area contributed by atoms with Gasteiger partial charge >= 0.3 is 0 Å². The fourth-order valence-corrected chi connectivity index (χ4v) is 4.24. The molecule has 1 aromatic rings. The third-order valence-corrected chi connectivity index (χ3v) is 5.69. The molecule has 3 rings (SSSR count). The second-order valence-electron chi connectivity index (χ2n) is 7.51. The first-order valence-corrected chi connectivity index (χ1v) is 9.38. The SMILES string of the molecule is CC(CC(=O)N1CCCC1Cc1cccc(F)c1)C1CCCNC1. The molecule has 3 nitrogen and oxygen atoms in total. The maximum Gasteiger partial charge on any atom is 0.223 e. The molecule has 2 aliphatic heterocycles. The maximum absolute atomic E-state index is 13.4. The fraction of sp³-hybridized carbons (Fsp3) is 0.650. The number of nitrogens with zero attached hydrogens (tertiary/aromatic N) is 1. The Hall–Kier alpha value is -1.42. The fourth-order valence-electron chi connectivity index (χ4n) is 4.24. The molecule has 24 heavy (non-hydrogen) atoms. The number of piperidine rings is 1. The molecule has 0 saturated carbocycles. The van der Waals surface area contributed by atoms with Gasteiger partial charge < -0.3 is 10.2 Å². The summed E-state index contributed by atoms with van der Waals surface area (Å²) in [6, 6.07) is 7.01. The number of hydrogen-bond acceptors (Lipinski definition) is 2. The van der Waals surface area contributed by atoms with Crippen LogP contribution in [-0.4, -0.2) is 36.5 Å². The molecule has 2 fully saturated rings. The van der Waals surface area contributed by atoms with Crippen LogP contribution in [0.2, 0.25) is 0 Å². The molecule has 0 aromatic heterocycles. The normalized spacial score (nSPS) is 25.7. The van der Waals surface area contributed by atoms with Crippen molar-refractivity contribution in [1.29, 1.82) is 0 Å². The van der Waals surface area contributed by atoms with E-state index in [9.17, 15) is 9.18 Å². The first-order valence-electron chi connectivity index (χ1n) is 9.38. The van der Waals surface area contributed by atoms with Crippen molar-refractivity contribution >= 4 is 5.91 Å². The van der Waals surface area contributed by atoms with Crippen molar-refractivity contribution < 1.29 is 9.18 Å². The van der Waals surface area contributed by atoms with E-state index in [-0.39, 0.29) is 17.8 Å². The van der Waals surface area contributed by atoms with E-state index in [4.69, 9.17) is 0 Å². The predicted octanol–water partition coefficient (Wildman–Crippen LogP) is 3.39. The van der Waals surface area contributed by atoms with Gasteiger partial charge in [-0.1, -0.05) is 19.1 Å². The molecule has 2 saturated heterocycles. The molecule has 3 unspecified atom stereocenters. The van der Waals surface area contributed by atoms with Crippen molar-refractivity contribution in [3.63, 3.8) is 0 Å². The lowest BCUT2D eigenvalue weighted by molar-refractivity contribution is -0.133. The Kier molecular flexibility index (Phi) is 5.88. The Bertz CT molecular complexity index is 556. The third kappa shape index (κ3) is 4.35. The van der Waals surface area contributed by atoms with E-state index in [1.807, 2.05) is 6.07 Å². The van der Waals surface area contributed by atoms with Gasteiger partial charge in [0.1, 0.15) is 5.82 Å². The van der Waals surface area contributed by atoms with Crippen molar-refractivity contribution in [2.45, 2.75) is 51.5 Å². The number of rotatable bonds is 5. The summed E-state index contributed by atoms with van der Waals surface area (Å²) in [5.41, 5.74) is 0.990. The summed E-state index contributed by atoms with van der Waals surface area (Å²) in [6.45, 7) is 5.22. The monoisotopic (exact) mass is 332 g/mol. The first-order chi connectivity index (χ1) is 11.6. The summed E-state index contributed by atoms with van der Waals surface area (Å²) >= 11 is 0. The van der Waals surface area contributed by atoms with Crippen LogP contribution in [0.4, 0.5) is 4.39 Å². The lowest BCUT2D eigenvalue weighted by Gasteiger charge is -2.31. The van der Waals surface area contributed by atoms with Gasteiger partial charge in [0.15, 0.2) is 0 Å². The van der Waals surface area contributed by atoms with Gasteiger partial charge in [0.25, 0.3) is 0 Å². The zero-order valence-corrected chi connectivity index (χ0v) is 14.6. The molecule has 132 valence electrons. The lowest BCUT2D eigenvalue weighted by Crippen LogP contribution is -2.40. The van der Waals surface area contributed by atoms with Crippen LogP contribution in [0.25, 0.3) is 0 Å². The van der Waals surface area contributed by atoms with Gasteiger partial charge in [0, 0.05) is 19.0 Å². The van der Waals surface area contributed by atoms with Crippen LogP contribution >= 0.6 is 0 Å². The zero-order chi connectivity index (χ0) is 16.9. The summed E-state index contributed by atoms with van der Waals surface area (Å²) in [4.78, 5) is 14.9. The Morgan fingerprint density at radius 1 is 1.38 bits per heavy atom. The van der Waals surface area contributed by atoms with Crippen LogP contribution in [-0.2, 0) is 11.2 Å². The molecular weight excluding hydrogens is 303 g/mol. The van der Waals surface area contributed by atoms with Crippen molar-refractivity contribution in [2.24, 2.45) is 11.8 Å². The molecule has 0 aliphatic carbocycles. The van der Waals surface area contributed by atoms with Crippen molar-refractivity contribution in [1.82, 2.24) is 10.2 Å². The summed E-state index contributed by atoms with van der Waals surface area (Å²) in [6.07, 6.45) is 5.95. The molecule has 0 bridgehead atoms. The topological polar surface area (TPSA) is 32.3 Å². The van der Waals surface area contributed by atoms with Gasteiger partial charge in [-0.3, -0.25) is 4.79 Å². The smallest absolute Gasteiger partial charge is 0.223 e. The quantitative estimate of drug-likeness (QED) is 0.896. The maximum atomic E-state index is 13.4. The molecule has 1 amide bonds. The molecule has 3 atom stereocenters. The van der Waals surface area contributed by atoms with E-state index in [0.717, 1.165) is 44.5 Å². The first kappa shape index (κ1) is 17.4. The third-order valence-electron chi connectivity index (χ3n) is 5.69. The summed E-state index contributed by atoms with van der Waals surface area (Å²) in [5, 5.41) is 3.44. The Morgan fingerprint density at radius 2 is 2.25 bits per heavy atom. The Morgan fingerprint density at radius 3 is 3.00 bits per heavy atom. The van der Waals surface area contributed by atoms with Crippen LogP contribution in [0.5, 0.6) is 0 Å². The van der Waals surface area contributed by atoms with Gasteiger partial charge in [-0.05, 0) is 74.7 Å². The van der Waals surface area contributed by atoms with Gasteiger partial charge in [-0.25, -0.2) is 4.39 Å². The number of benzene rings is 1. The number of carbonyl (C=O) groups excluding carboxylic acids is 1. The van der Waals surface area contributed by atoms with Crippen LogP contribution in [0.1, 0.15) is 44.6 Å². The summed E-state index contributed by atoms with van der Waals surface area (Å²) in [7, 11) is 0. The van der Waals surface area contributed by atoms with E-state index < -0.39 is 0 Å². The summed E-state index contributed by atoms with van der Waals surface area (Å²) in [5.74, 6) is 1.14. The predicted molar refractivity (Wildman–Crippen MR) is 94.2 cm³/mol. The average Bonchev–Trinajstić information content (AvgIpc) is 3.04. The molecule has 1 aromatic carbocycles. The van der Waals surface area contributed by atoms with Crippen LogP contribution in [0, 0.1) is 17.7 Å². The summed E-state index contributed by atoms with van der Waals surface area (Å²) < 4.78 is 13.4.